The third-order valence-corrected chi connectivity index (χ3v) is 3.97. The summed E-state index contributed by atoms with van der Waals surface area (Å²) in [5, 5.41) is 0. The Morgan fingerprint density at radius 1 is 1.33 bits per heavy atom. The fourth-order valence-corrected chi connectivity index (χ4v) is 2.95. The zero-order chi connectivity index (χ0) is 14.8. The van der Waals surface area contributed by atoms with E-state index >= 15 is 0 Å². The molecule has 2 heterocycles. The van der Waals surface area contributed by atoms with Gasteiger partial charge in [0.15, 0.2) is 0 Å². The van der Waals surface area contributed by atoms with Gasteiger partial charge in [-0.15, -0.1) is 0 Å². The Labute approximate surface area is 123 Å². The monoisotopic (exact) mass is 287 g/mol. The quantitative estimate of drug-likeness (QED) is 0.869. The van der Waals surface area contributed by atoms with Gasteiger partial charge in [0.1, 0.15) is 5.82 Å². The van der Waals surface area contributed by atoms with E-state index in [1.54, 1.807) is 31.5 Å². The normalized spacial score (nSPS) is 21.6. The molecule has 4 nitrogen and oxygen atoms in total. The van der Waals surface area contributed by atoms with Crippen molar-refractivity contribution in [3.8, 4) is 5.88 Å². The molecule has 0 amide bonds. The first-order valence-corrected chi connectivity index (χ1v) is 7.08. The van der Waals surface area contributed by atoms with Crippen LogP contribution >= 0.6 is 0 Å². The molecule has 0 saturated carbocycles. The van der Waals surface area contributed by atoms with E-state index in [0.29, 0.717) is 17.7 Å². The van der Waals surface area contributed by atoms with Crippen molar-refractivity contribution in [3.05, 3.63) is 47.9 Å². The molecular weight excluding hydrogens is 269 g/mol. The molecule has 2 unspecified atom stereocenters. The minimum Gasteiger partial charge on any atom is -0.481 e. The molecule has 3 rings (SSSR count). The maximum absolute atomic E-state index is 13.5. The van der Waals surface area contributed by atoms with Gasteiger partial charge in [0.2, 0.25) is 11.8 Å². The van der Waals surface area contributed by atoms with Crippen LogP contribution in [0.15, 0.2) is 36.5 Å². The number of nitrogens with zero attached hydrogens (tertiary/aromatic N) is 3. The summed E-state index contributed by atoms with van der Waals surface area (Å²) < 4.78 is 18.7. The van der Waals surface area contributed by atoms with E-state index in [9.17, 15) is 4.39 Å². The number of methoxy groups -OCH3 is 1. The SMILES string of the molecule is COc1ccnc(N2CCC(C)C2c2cccc(F)c2)n1. The first-order chi connectivity index (χ1) is 10.2. The highest BCUT2D eigenvalue weighted by atomic mass is 19.1. The minimum atomic E-state index is -0.210. The van der Waals surface area contributed by atoms with Gasteiger partial charge in [0, 0.05) is 18.8 Å². The van der Waals surface area contributed by atoms with Crippen molar-refractivity contribution in [1.29, 1.82) is 0 Å². The molecule has 1 fully saturated rings. The van der Waals surface area contributed by atoms with Gasteiger partial charge in [0.25, 0.3) is 0 Å². The van der Waals surface area contributed by atoms with Crippen molar-refractivity contribution >= 4 is 5.95 Å². The average Bonchev–Trinajstić information content (AvgIpc) is 2.89. The Bertz CT molecular complexity index is 634. The number of hydrogen-bond acceptors (Lipinski definition) is 4. The summed E-state index contributed by atoms with van der Waals surface area (Å²) in [6.07, 6.45) is 2.72. The summed E-state index contributed by atoms with van der Waals surface area (Å²) in [5.74, 6) is 1.38. The van der Waals surface area contributed by atoms with Crippen molar-refractivity contribution in [3.63, 3.8) is 0 Å². The Hall–Kier alpha value is -2.17. The van der Waals surface area contributed by atoms with E-state index in [1.165, 1.54) is 6.07 Å². The Kier molecular flexibility index (Phi) is 3.73. The van der Waals surface area contributed by atoms with Gasteiger partial charge in [-0.1, -0.05) is 19.1 Å². The van der Waals surface area contributed by atoms with E-state index in [0.717, 1.165) is 18.5 Å². The molecule has 0 bridgehead atoms. The van der Waals surface area contributed by atoms with Crippen LogP contribution in [0.2, 0.25) is 0 Å². The first kappa shape index (κ1) is 13.8. The standard InChI is InChI=1S/C16H18FN3O/c1-11-7-9-20(16-18-8-6-14(19-16)21-2)15(11)12-4-3-5-13(17)10-12/h3-6,8,10-11,15H,7,9H2,1-2H3. The second-order valence-corrected chi connectivity index (χ2v) is 5.36. The molecule has 2 atom stereocenters. The van der Waals surface area contributed by atoms with Gasteiger partial charge in [0.05, 0.1) is 13.2 Å². The molecule has 1 aliphatic rings. The fourth-order valence-electron chi connectivity index (χ4n) is 2.95. The summed E-state index contributed by atoms with van der Waals surface area (Å²) in [5.41, 5.74) is 0.964. The fraction of sp³-hybridized carbons (Fsp3) is 0.375. The highest BCUT2D eigenvalue weighted by molar-refractivity contribution is 5.40. The highest BCUT2D eigenvalue weighted by Crippen LogP contribution is 2.39. The number of aromatic nitrogens is 2. The molecule has 1 aromatic heterocycles. The summed E-state index contributed by atoms with van der Waals surface area (Å²) in [6, 6.07) is 8.59. The van der Waals surface area contributed by atoms with Crippen LogP contribution in [0.25, 0.3) is 0 Å². The second-order valence-electron chi connectivity index (χ2n) is 5.36. The molecular formula is C16H18FN3O. The maximum atomic E-state index is 13.5. The van der Waals surface area contributed by atoms with Crippen molar-refractivity contribution in [2.24, 2.45) is 5.92 Å². The van der Waals surface area contributed by atoms with Crippen molar-refractivity contribution in [2.45, 2.75) is 19.4 Å². The predicted molar refractivity (Wildman–Crippen MR) is 78.9 cm³/mol. The van der Waals surface area contributed by atoms with Crippen LogP contribution in [0.4, 0.5) is 10.3 Å². The number of anilines is 1. The van der Waals surface area contributed by atoms with Crippen LogP contribution in [0.5, 0.6) is 5.88 Å². The Morgan fingerprint density at radius 3 is 2.95 bits per heavy atom. The lowest BCUT2D eigenvalue weighted by molar-refractivity contribution is 0.396. The number of hydrogen-bond donors (Lipinski definition) is 0. The van der Waals surface area contributed by atoms with E-state index < -0.39 is 0 Å². The lowest BCUT2D eigenvalue weighted by Gasteiger charge is -2.27. The van der Waals surface area contributed by atoms with Crippen LogP contribution in [0.3, 0.4) is 0 Å². The number of ether oxygens (including phenoxy) is 1. The first-order valence-electron chi connectivity index (χ1n) is 7.08. The van der Waals surface area contributed by atoms with E-state index in [2.05, 4.69) is 21.8 Å². The summed E-state index contributed by atoms with van der Waals surface area (Å²) in [4.78, 5) is 10.9. The van der Waals surface area contributed by atoms with Crippen LogP contribution in [0, 0.1) is 11.7 Å². The molecule has 1 saturated heterocycles. The Morgan fingerprint density at radius 2 is 2.19 bits per heavy atom. The molecule has 110 valence electrons. The molecule has 1 aromatic carbocycles. The van der Waals surface area contributed by atoms with Gasteiger partial charge in [-0.25, -0.2) is 9.37 Å². The average molecular weight is 287 g/mol. The van der Waals surface area contributed by atoms with Gasteiger partial charge < -0.3 is 9.64 Å². The zero-order valence-electron chi connectivity index (χ0n) is 12.2. The molecule has 1 aliphatic heterocycles. The second kappa shape index (κ2) is 5.68. The number of halogens is 1. The molecule has 0 radical (unpaired) electrons. The third-order valence-electron chi connectivity index (χ3n) is 3.97. The Balaban J connectivity index is 1.97. The van der Waals surface area contributed by atoms with E-state index in [-0.39, 0.29) is 11.9 Å². The van der Waals surface area contributed by atoms with Gasteiger partial charge in [-0.3, -0.25) is 0 Å². The maximum Gasteiger partial charge on any atom is 0.229 e. The summed E-state index contributed by atoms with van der Waals surface area (Å²) >= 11 is 0. The zero-order valence-corrected chi connectivity index (χ0v) is 12.2. The lowest BCUT2D eigenvalue weighted by Crippen LogP contribution is -2.26. The largest absolute Gasteiger partial charge is 0.481 e. The summed E-state index contributed by atoms with van der Waals surface area (Å²) in [6.45, 7) is 3.03. The lowest BCUT2D eigenvalue weighted by atomic mass is 9.95. The van der Waals surface area contributed by atoms with Crippen molar-refractivity contribution < 1.29 is 9.13 Å². The van der Waals surface area contributed by atoms with Crippen LogP contribution in [-0.4, -0.2) is 23.6 Å². The number of rotatable bonds is 3. The molecule has 0 spiro atoms. The summed E-state index contributed by atoms with van der Waals surface area (Å²) in [7, 11) is 1.59. The van der Waals surface area contributed by atoms with Crippen molar-refractivity contribution in [1.82, 2.24) is 9.97 Å². The van der Waals surface area contributed by atoms with Crippen LogP contribution < -0.4 is 9.64 Å². The van der Waals surface area contributed by atoms with Gasteiger partial charge >= 0.3 is 0 Å². The van der Waals surface area contributed by atoms with Gasteiger partial charge in [-0.2, -0.15) is 4.98 Å². The smallest absolute Gasteiger partial charge is 0.229 e. The van der Waals surface area contributed by atoms with Crippen molar-refractivity contribution in [2.75, 3.05) is 18.6 Å². The molecule has 21 heavy (non-hydrogen) atoms. The van der Waals surface area contributed by atoms with Crippen LogP contribution in [0.1, 0.15) is 24.9 Å². The van der Waals surface area contributed by atoms with Gasteiger partial charge in [-0.05, 0) is 30.0 Å². The molecule has 0 N–H and O–H groups in total. The molecule has 0 aliphatic carbocycles. The molecule has 2 aromatic rings. The van der Waals surface area contributed by atoms with E-state index in [1.807, 2.05) is 6.07 Å². The topological polar surface area (TPSA) is 38.2 Å². The third kappa shape index (κ3) is 2.68. The van der Waals surface area contributed by atoms with E-state index in [4.69, 9.17) is 4.74 Å². The highest BCUT2D eigenvalue weighted by Gasteiger charge is 2.34. The molecule has 5 heteroatoms. The minimum absolute atomic E-state index is 0.0906. The van der Waals surface area contributed by atoms with Crippen LogP contribution in [-0.2, 0) is 0 Å². The predicted octanol–water partition coefficient (Wildman–Crippen LogP) is 3.21. The number of benzene rings is 1.